The van der Waals surface area contributed by atoms with E-state index in [-0.39, 0.29) is 42.4 Å². The number of hydrogen-bond acceptors (Lipinski definition) is 3. The number of hydrogen-bond donors (Lipinski definition) is 2. The Bertz CT molecular complexity index is 564. The minimum Gasteiger partial charge on any atom is -0.484 e. The van der Waals surface area contributed by atoms with Crippen molar-refractivity contribution in [2.75, 3.05) is 26.3 Å². The minimum atomic E-state index is -4.37. The average molecular weight is 487 g/mol. The number of nitrogens with zero attached hydrogens (tertiary/aromatic N) is 1. The van der Waals surface area contributed by atoms with Gasteiger partial charge in [0.05, 0.1) is 12.6 Å². The Morgan fingerprint density at radius 3 is 2.73 bits per heavy atom. The number of halogens is 4. The molecule has 5 nitrogen and oxygen atoms in total. The average Bonchev–Trinajstić information content (AvgIpc) is 3.09. The van der Waals surface area contributed by atoms with Crippen LogP contribution in [-0.2, 0) is 11.3 Å². The van der Waals surface area contributed by atoms with E-state index in [1.54, 1.807) is 18.2 Å². The molecule has 1 aliphatic heterocycles. The Labute approximate surface area is 168 Å². The molecular formula is C17H25F3IN3O2. The minimum absolute atomic E-state index is 0. The van der Waals surface area contributed by atoms with E-state index < -0.39 is 12.8 Å². The predicted molar refractivity (Wildman–Crippen MR) is 105 cm³/mol. The van der Waals surface area contributed by atoms with Gasteiger partial charge in [-0.3, -0.25) is 0 Å². The quantitative estimate of drug-likeness (QED) is 0.352. The Kier molecular flexibility index (Phi) is 10.1. The van der Waals surface area contributed by atoms with Crippen LogP contribution in [0.4, 0.5) is 13.2 Å². The monoisotopic (exact) mass is 487 g/mol. The molecule has 1 aliphatic rings. The van der Waals surface area contributed by atoms with Crippen molar-refractivity contribution >= 4 is 29.9 Å². The second-order valence-corrected chi connectivity index (χ2v) is 5.72. The first kappa shape index (κ1) is 22.8. The molecule has 1 aromatic rings. The third-order valence-electron chi connectivity index (χ3n) is 3.64. The van der Waals surface area contributed by atoms with Crippen LogP contribution in [-0.4, -0.2) is 44.5 Å². The largest absolute Gasteiger partial charge is 0.484 e. The zero-order valence-corrected chi connectivity index (χ0v) is 17.0. The van der Waals surface area contributed by atoms with Gasteiger partial charge in [0, 0.05) is 25.3 Å². The summed E-state index contributed by atoms with van der Waals surface area (Å²) in [6.45, 7) is 2.97. The number of alkyl halides is 3. The number of aliphatic imine (C=N–C) groups is 1. The van der Waals surface area contributed by atoms with Crippen molar-refractivity contribution in [1.29, 1.82) is 0 Å². The summed E-state index contributed by atoms with van der Waals surface area (Å²) in [5.74, 6) is 0.794. The van der Waals surface area contributed by atoms with Gasteiger partial charge >= 0.3 is 6.18 Å². The fourth-order valence-corrected chi connectivity index (χ4v) is 2.46. The molecule has 0 bridgehead atoms. The summed E-state index contributed by atoms with van der Waals surface area (Å²) in [4.78, 5) is 4.43. The van der Waals surface area contributed by atoms with Gasteiger partial charge in [0.1, 0.15) is 5.75 Å². The molecule has 1 aromatic carbocycles. The molecule has 1 unspecified atom stereocenters. The van der Waals surface area contributed by atoms with Gasteiger partial charge < -0.3 is 20.1 Å². The molecule has 26 heavy (non-hydrogen) atoms. The van der Waals surface area contributed by atoms with Crippen molar-refractivity contribution < 1.29 is 22.6 Å². The number of ether oxygens (including phenoxy) is 2. The Morgan fingerprint density at radius 1 is 1.31 bits per heavy atom. The summed E-state index contributed by atoms with van der Waals surface area (Å²) in [5, 5.41) is 6.32. The second-order valence-electron chi connectivity index (χ2n) is 5.72. The molecule has 2 N–H and O–H groups in total. The lowest BCUT2D eigenvalue weighted by atomic mass is 10.2. The molecule has 1 saturated heterocycles. The normalized spacial score (nSPS) is 17.5. The maximum absolute atomic E-state index is 12.4. The highest BCUT2D eigenvalue weighted by molar-refractivity contribution is 14.0. The Morgan fingerprint density at radius 2 is 2.08 bits per heavy atom. The van der Waals surface area contributed by atoms with E-state index in [2.05, 4.69) is 15.6 Å². The van der Waals surface area contributed by atoms with E-state index in [0.717, 1.165) is 19.4 Å². The Hall–Kier alpha value is -1.23. The third-order valence-corrected chi connectivity index (χ3v) is 3.64. The summed E-state index contributed by atoms with van der Waals surface area (Å²) in [6, 6.07) is 6.61. The van der Waals surface area contributed by atoms with Gasteiger partial charge in [-0.1, -0.05) is 18.2 Å². The van der Waals surface area contributed by atoms with Crippen LogP contribution in [0.5, 0.6) is 5.75 Å². The zero-order valence-electron chi connectivity index (χ0n) is 14.6. The van der Waals surface area contributed by atoms with Crippen LogP contribution in [0, 0.1) is 0 Å². The Balaban J connectivity index is 0.00000338. The van der Waals surface area contributed by atoms with E-state index in [1.807, 2.05) is 6.92 Å². The van der Waals surface area contributed by atoms with Gasteiger partial charge in [-0.15, -0.1) is 24.0 Å². The lowest BCUT2D eigenvalue weighted by Crippen LogP contribution is -2.41. The molecule has 0 spiro atoms. The van der Waals surface area contributed by atoms with Gasteiger partial charge in [-0.25, -0.2) is 4.99 Å². The number of guanidine groups is 1. The highest BCUT2D eigenvalue weighted by atomic mass is 127. The highest BCUT2D eigenvalue weighted by Gasteiger charge is 2.28. The van der Waals surface area contributed by atoms with Gasteiger partial charge in [-0.05, 0) is 25.8 Å². The van der Waals surface area contributed by atoms with Crippen LogP contribution in [0.1, 0.15) is 25.3 Å². The third kappa shape index (κ3) is 8.43. The van der Waals surface area contributed by atoms with Crippen LogP contribution < -0.4 is 15.4 Å². The van der Waals surface area contributed by atoms with Crippen LogP contribution >= 0.6 is 24.0 Å². The summed E-state index contributed by atoms with van der Waals surface area (Å²) >= 11 is 0. The van der Waals surface area contributed by atoms with Crippen molar-refractivity contribution in [3.63, 3.8) is 0 Å². The molecule has 0 amide bonds. The van der Waals surface area contributed by atoms with Crippen molar-refractivity contribution in [2.24, 2.45) is 4.99 Å². The van der Waals surface area contributed by atoms with Gasteiger partial charge in [0.25, 0.3) is 0 Å². The van der Waals surface area contributed by atoms with Crippen molar-refractivity contribution in [1.82, 2.24) is 10.6 Å². The molecule has 1 fully saturated rings. The lowest BCUT2D eigenvalue weighted by molar-refractivity contribution is -0.153. The molecule has 0 radical (unpaired) electrons. The van der Waals surface area contributed by atoms with E-state index >= 15 is 0 Å². The van der Waals surface area contributed by atoms with Crippen molar-refractivity contribution in [2.45, 2.75) is 38.6 Å². The molecule has 0 aromatic heterocycles. The van der Waals surface area contributed by atoms with Gasteiger partial charge in [0.15, 0.2) is 12.6 Å². The fraction of sp³-hybridized carbons (Fsp3) is 0.588. The summed E-state index contributed by atoms with van der Waals surface area (Å²) in [7, 11) is 0. The lowest BCUT2D eigenvalue weighted by Gasteiger charge is -2.15. The number of para-hydroxylation sites is 1. The summed E-state index contributed by atoms with van der Waals surface area (Å²) in [5.41, 5.74) is 0.598. The van der Waals surface area contributed by atoms with E-state index in [4.69, 9.17) is 9.47 Å². The molecule has 0 aliphatic carbocycles. The molecular weight excluding hydrogens is 462 g/mol. The van der Waals surface area contributed by atoms with Crippen LogP contribution in [0.3, 0.4) is 0 Å². The van der Waals surface area contributed by atoms with E-state index in [1.165, 1.54) is 6.07 Å². The molecule has 1 atom stereocenters. The number of benzene rings is 1. The predicted octanol–water partition coefficient (Wildman–Crippen LogP) is 3.48. The maximum Gasteiger partial charge on any atom is 0.422 e. The topological polar surface area (TPSA) is 54.9 Å². The molecule has 0 saturated carbocycles. The maximum atomic E-state index is 12.4. The van der Waals surface area contributed by atoms with Crippen LogP contribution in [0.2, 0.25) is 0 Å². The molecule has 2 rings (SSSR count). The summed E-state index contributed by atoms with van der Waals surface area (Å²) in [6.07, 6.45) is -2.12. The van der Waals surface area contributed by atoms with Gasteiger partial charge in [-0.2, -0.15) is 13.2 Å². The van der Waals surface area contributed by atoms with Crippen LogP contribution in [0.15, 0.2) is 29.3 Å². The van der Waals surface area contributed by atoms with E-state index in [0.29, 0.717) is 24.6 Å². The van der Waals surface area contributed by atoms with E-state index in [9.17, 15) is 13.2 Å². The molecule has 148 valence electrons. The zero-order chi connectivity index (χ0) is 18.1. The highest BCUT2D eigenvalue weighted by Crippen LogP contribution is 2.22. The van der Waals surface area contributed by atoms with Crippen LogP contribution in [0.25, 0.3) is 0 Å². The second kappa shape index (κ2) is 11.5. The fourth-order valence-electron chi connectivity index (χ4n) is 2.46. The number of nitrogens with one attached hydrogen (secondary N) is 2. The van der Waals surface area contributed by atoms with Crippen molar-refractivity contribution in [3.8, 4) is 5.75 Å². The first-order valence-corrected chi connectivity index (χ1v) is 8.39. The van der Waals surface area contributed by atoms with Gasteiger partial charge in [0.2, 0.25) is 0 Å². The smallest absolute Gasteiger partial charge is 0.422 e. The molecule has 1 heterocycles. The molecule has 9 heteroatoms. The SMILES string of the molecule is CCNC(=NCc1ccccc1OCC(F)(F)F)NCC1CCCO1.I. The van der Waals surface area contributed by atoms with Crippen molar-refractivity contribution in [3.05, 3.63) is 29.8 Å². The standard InChI is InChI=1S/C17H24F3N3O2.HI/c1-2-21-16(23-11-14-7-5-9-24-14)22-10-13-6-3-4-8-15(13)25-12-17(18,19)20;/h3-4,6,8,14H,2,5,7,9-12H2,1H3,(H2,21,22,23);1H. The first-order valence-electron chi connectivity index (χ1n) is 8.39. The summed E-state index contributed by atoms with van der Waals surface area (Å²) < 4.78 is 47.5. The first-order chi connectivity index (χ1) is 12.0. The number of rotatable bonds is 7.